The molecule has 2 aromatic rings. The molecule has 0 spiro atoms. The number of nitrogens with zero attached hydrogens (tertiary/aromatic N) is 3. The average molecular weight is 465 g/mol. The Morgan fingerprint density at radius 1 is 1.03 bits per heavy atom. The number of hydrogen-bond donors (Lipinski definition) is 2. The van der Waals surface area contributed by atoms with Gasteiger partial charge in [-0.3, -0.25) is 9.78 Å². The fraction of sp³-hybridized carbons (Fsp3) is 0.519. The van der Waals surface area contributed by atoms with E-state index in [9.17, 15) is 14.7 Å². The predicted octanol–water partition coefficient (Wildman–Crippen LogP) is 4.27. The zero-order chi connectivity index (χ0) is 24.1. The molecule has 2 N–H and O–H groups in total. The van der Waals surface area contributed by atoms with Gasteiger partial charge in [0, 0.05) is 38.9 Å². The fourth-order valence-corrected chi connectivity index (χ4v) is 5.08. The van der Waals surface area contributed by atoms with Crippen molar-refractivity contribution in [3.63, 3.8) is 0 Å². The average Bonchev–Trinajstić information content (AvgIpc) is 3.57. The minimum Gasteiger partial charge on any atom is -0.465 e. The molecule has 3 fully saturated rings. The van der Waals surface area contributed by atoms with E-state index in [4.69, 9.17) is 0 Å². The lowest BCUT2D eigenvalue weighted by atomic mass is 10.0. The Morgan fingerprint density at radius 3 is 2.24 bits per heavy atom. The Kier molecular flexibility index (Phi) is 7.83. The van der Waals surface area contributed by atoms with Crippen molar-refractivity contribution < 1.29 is 14.7 Å². The molecule has 1 aliphatic carbocycles. The zero-order valence-corrected chi connectivity index (χ0v) is 20.2. The number of aromatic nitrogens is 1. The van der Waals surface area contributed by atoms with Crippen molar-refractivity contribution in [2.45, 2.75) is 45.6 Å². The van der Waals surface area contributed by atoms with E-state index >= 15 is 0 Å². The van der Waals surface area contributed by atoms with E-state index in [0.29, 0.717) is 11.8 Å². The number of carboxylic acid groups (broad SMARTS) is 1. The van der Waals surface area contributed by atoms with E-state index in [2.05, 4.69) is 15.2 Å². The van der Waals surface area contributed by atoms with Crippen LogP contribution in [0.4, 0.5) is 4.79 Å². The van der Waals surface area contributed by atoms with Gasteiger partial charge in [0.2, 0.25) is 0 Å². The van der Waals surface area contributed by atoms with Gasteiger partial charge in [-0.2, -0.15) is 0 Å². The summed E-state index contributed by atoms with van der Waals surface area (Å²) in [5, 5.41) is 11.9. The predicted molar refractivity (Wildman–Crippen MR) is 132 cm³/mol. The van der Waals surface area contributed by atoms with Crippen LogP contribution in [0, 0.1) is 25.7 Å². The smallest absolute Gasteiger partial charge is 0.405 e. The van der Waals surface area contributed by atoms with E-state index < -0.39 is 6.09 Å². The molecule has 7 heteroatoms. The molecule has 3 heterocycles. The molecule has 1 aromatic carbocycles. The molecule has 2 amide bonds. The first kappa shape index (κ1) is 24.2. The second kappa shape index (κ2) is 11.0. The summed E-state index contributed by atoms with van der Waals surface area (Å²) >= 11 is 0. The van der Waals surface area contributed by atoms with Crippen LogP contribution < -0.4 is 5.32 Å². The van der Waals surface area contributed by atoms with Gasteiger partial charge in [-0.05, 0) is 49.3 Å². The van der Waals surface area contributed by atoms with E-state index in [0.717, 1.165) is 61.5 Å². The van der Waals surface area contributed by atoms with Crippen LogP contribution in [0.25, 0.3) is 0 Å². The van der Waals surface area contributed by atoms with Crippen LogP contribution >= 0.6 is 0 Å². The maximum Gasteiger partial charge on any atom is 0.405 e. The van der Waals surface area contributed by atoms with Crippen molar-refractivity contribution in [3.8, 4) is 0 Å². The molecule has 182 valence electrons. The van der Waals surface area contributed by atoms with Crippen molar-refractivity contribution in [1.29, 1.82) is 0 Å². The molecule has 0 radical (unpaired) electrons. The molecule has 2 unspecified atom stereocenters. The first-order chi connectivity index (χ1) is 16.4. The Labute approximate surface area is 202 Å². The fourth-order valence-electron chi connectivity index (χ4n) is 5.08. The standard InChI is InChI=1S/C24H30N4O3.C3H6/c1-16-8-10-25-17(2)22(16)23(29)28-14-19-12-27(13-20(19)15-28)11-9-21(26-24(30)31)18-6-4-3-5-7-18;1-2-3-1/h3-8,10,19-21,26H,9,11-15H2,1-2H3,(H,30,31);1-3H2/t19-,20?,21?;/m0./s1. The van der Waals surface area contributed by atoms with E-state index in [1.54, 1.807) is 6.20 Å². The lowest BCUT2D eigenvalue weighted by Crippen LogP contribution is -2.35. The van der Waals surface area contributed by atoms with Gasteiger partial charge in [-0.15, -0.1) is 0 Å². The summed E-state index contributed by atoms with van der Waals surface area (Å²) in [4.78, 5) is 33.0. The van der Waals surface area contributed by atoms with Gasteiger partial charge in [0.15, 0.2) is 0 Å². The van der Waals surface area contributed by atoms with Gasteiger partial charge < -0.3 is 20.2 Å². The number of rotatable bonds is 6. The number of carbonyl (C=O) groups excluding carboxylic acids is 1. The van der Waals surface area contributed by atoms with Gasteiger partial charge in [-0.25, -0.2) is 4.79 Å². The molecule has 1 saturated carbocycles. The lowest BCUT2D eigenvalue weighted by molar-refractivity contribution is 0.0772. The number of pyridine rings is 1. The van der Waals surface area contributed by atoms with Crippen molar-refractivity contribution in [2.75, 3.05) is 32.7 Å². The Morgan fingerprint density at radius 2 is 1.68 bits per heavy atom. The maximum atomic E-state index is 13.1. The van der Waals surface area contributed by atoms with E-state index in [1.165, 1.54) is 19.3 Å². The Bertz CT molecular complexity index is 958. The van der Waals surface area contributed by atoms with Crippen molar-refractivity contribution in [3.05, 3.63) is 65.0 Å². The molecule has 3 atom stereocenters. The van der Waals surface area contributed by atoms with Crippen LogP contribution in [0.2, 0.25) is 0 Å². The summed E-state index contributed by atoms with van der Waals surface area (Å²) in [6.45, 7) is 8.16. The van der Waals surface area contributed by atoms with Crippen molar-refractivity contribution in [1.82, 2.24) is 20.1 Å². The number of hydrogen-bond acceptors (Lipinski definition) is 4. The highest BCUT2D eigenvalue weighted by molar-refractivity contribution is 5.96. The molecular weight excluding hydrogens is 428 g/mol. The first-order valence-electron chi connectivity index (χ1n) is 12.4. The third-order valence-corrected chi connectivity index (χ3v) is 7.00. The maximum absolute atomic E-state index is 13.1. The van der Waals surface area contributed by atoms with E-state index in [1.807, 2.05) is 55.1 Å². The number of nitrogens with one attached hydrogen (secondary N) is 1. The third kappa shape index (κ3) is 6.14. The number of carbonyl (C=O) groups is 2. The number of fused-ring (bicyclic) bond motifs is 1. The van der Waals surface area contributed by atoms with Crippen molar-refractivity contribution >= 4 is 12.0 Å². The quantitative estimate of drug-likeness (QED) is 0.667. The third-order valence-electron chi connectivity index (χ3n) is 7.00. The van der Waals surface area contributed by atoms with Crippen molar-refractivity contribution in [2.24, 2.45) is 11.8 Å². The molecule has 3 aliphatic rings. The summed E-state index contributed by atoms with van der Waals surface area (Å²) < 4.78 is 0. The lowest BCUT2D eigenvalue weighted by Gasteiger charge is -2.24. The zero-order valence-electron chi connectivity index (χ0n) is 20.2. The molecular formula is C27H36N4O3. The van der Waals surface area contributed by atoms with Crippen LogP contribution in [0.3, 0.4) is 0 Å². The van der Waals surface area contributed by atoms with Crippen LogP contribution in [-0.4, -0.2) is 64.6 Å². The van der Waals surface area contributed by atoms with Gasteiger partial charge >= 0.3 is 6.09 Å². The topological polar surface area (TPSA) is 85.8 Å². The van der Waals surface area contributed by atoms with Crippen LogP contribution in [-0.2, 0) is 0 Å². The second-order valence-electron chi connectivity index (χ2n) is 9.84. The molecule has 2 saturated heterocycles. The summed E-state index contributed by atoms with van der Waals surface area (Å²) in [7, 11) is 0. The van der Waals surface area contributed by atoms with Gasteiger partial charge in [0.1, 0.15) is 0 Å². The first-order valence-corrected chi connectivity index (χ1v) is 12.4. The molecule has 34 heavy (non-hydrogen) atoms. The molecule has 2 aliphatic heterocycles. The van der Waals surface area contributed by atoms with E-state index in [-0.39, 0.29) is 11.9 Å². The largest absolute Gasteiger partial charge is 0.465 e. The Hall–Kier alpha value is -2.93. The summed E-state index contributed by atoms with van der Waals surface area (Å²) in [5.41, 5.74) is 3.50. The van der Waals surface area contributed by atoms with Gasteiger partial charge in [0.05, 0.1) is 17.3 Å². The second-order valence-corrected chi connectivity index (χ2v) is 9.84. The molecule has 0 bridgehead atoms. The highest BCUT2D eigenvalue weighted by Gasteiger charge is 2.42. The molecule has 7 nitrogen and oxygen atoms in total. The SMILES string of the molecule is C1CC1.Cc1ccnc(C)c1C(=O)N1CC2CN(CCC(NC(=O)O)c3ccccc3)C[C@H]2C1. The minimum atomic E-state index is -0.998. The molecule has 1 aromatic heterocycles. The number of likely N-dealkylation sites (tertiary alicyclic amines) is 2. The summed E-state index contributed by atoms with van der Waals surface area (Å²) in [5.74, 6) is 1.05. The van der Waals surface area contributed by atoms with Crippen LogP contribution in [0.5, 0.6) is 0 Å². The molecule has 5 rings (SSSR count). The summed E-state index contributed by atoms with van der Waals surface area (Å²) in [6, 6.07) is 11.4. The van der Waals surface area contributed by atoms with Gasteiger partial charge in [-0.1, -0.05) is 49.6 Å². The Balaban J connectivity index is 0.000000846. The van der Waals surface area contributed by atoms with Crippen LogP contribution in [0.1, 0.15) is 58.9 Å². The number of aryl methyl sites for hydroxylation is 2. The normalized spacial score (nSPS) is 21.9. The monoisotopic (exact) mass is 464 g/mol. The number of amides is 2. The minimum absolute atomic E-state index is 0.0962. The highest BCUT2D eigenvalue weighted by Crippen LogP contribution is 2.33. The van der Waals surface area contributed by atoms with Crippen LogP contribution in [0.15, 0.2) is 42.6 Å². The number of benzene rings is 1. The van der Waals surface area contributed by atoms with Gasteiger partial charge in [0.25, 0.3) is 5.91 Å². The highest BCUT2D eigenvalue weighted by atomic mass is 16.4. The summed E-state index contributed by atoms with van der Waals surface area (Å²) in [6.07, 6.45) is 5.98.